The highest BCUT2D eigenvalue weighted by atomic mass is 32.2. The van der Waals surface area contributed by atoms with Gasteiger partial charge in [0.2, 0.25) is 0 Å². The van der Waals surface area contributed by atoms with E-state index in [9.17, 15) is 0 Å². The number of hydrogen-bond donors (Lipinski definition) is 1. The minimum absolute atomic E-state index is 0.305. The third kappa shape index (κ3) is 2.63. The summed E-state index contributed by atoms with van der Waals surface area (Å²) < 4.78 is 0. The summed E-state index contributed by atoms with van der Waals surface area (Å²) in [5, 5.41) is 8.84. The first kappa shape index (κ1) is 10.7. The minimum Gasteiger partial charge on any atom is -0.395 e. The second-order valence-corrected chi connectivity index (χ2v) is 5.27. The summed E-state index contributed by atoms with van der Waals surface area (Å²) >= 11 is 2.09. The number of β-amino-alcohol motifs (C(OH)–C–C–N with tert-alkyl or cyclic N) is 1. The molecule has 1 atom stereocenters. The first-order valence-corrected chi connectivity index (χ1v) is 6.70. The Morgan fingerprint density at radius 3 is 2.57 bits per heavy atom. The van der Waals surface area contributed by atoms with Crippen LogP contribution in [0.4, 0.5) is 0 Å². The van der Waals surface area contributed by atoms with Gasteiger partial charge in [-0.25, -0.2) is 0 Å². The Balaban J connectivity index is 1.72. The van der Waals surface area contributed by atoms with E-state index in [1.807, 2.05) is 0 Å². The number of hydrogen-bond acceptors (Lipinski definition) is 4. The molecule has 0 spiro atoms. The fourth-order valence-corrected chi connectivity index (χ4v) is 3.56. The minimum atomic E-state index is 0.305. The average Bonchev–Trinajstić information content (AvgIpc) is 2.72. The molecule has 2 saturated heterocycles. The van der Waals surface area contributed by atoms with Gasteiger partial charge in [-0.05, 0) is 12.2 Å². The van der Waals surface area contributed by atoms with Gasteiger partial charge in [0, 0.05) is 44.5 Å². The van der Waals surface area contributed by atoms with Crippen molar-refractivity contribution in [3.05, 3.63) is 0 Å². The van der Waals surface area contributed by atoms with Gasteiger partial charge < -0.3 is 5.11 Å². The zero-order chi connectivity index (χ0) is 9.80. The second kappa shape index (κ2) is 5.35. The lowest BCUT2D eigenvalue weighted by atomic mass is 10.2. The van der Waals surface area contributed by atoms with E-state index in [2.05, 4.69) is 21.6 Å². The first-order chi connectivity index (χ1) is 6.90. The van der Waals surface area contributed by atoms with Crippen molar-refractivity contribution in [2.45, 2.75) is 12.5 Å². The molecular weight excluding hydrogens is 196 g/mol. The van der Waals surface area contributed by atoms with E-state index < -0.39 is 0 Å². The molecule has 0 aliphatic carbocycles. The third-order valence-corrected chi connectivity index (χ3v) is 4.39. The van der Waals surface area contributed by atoms with E-state index in [1.54, 1.807) is 0 Å². The number of aliphatic hydroxyl groups is 1. The van der Waals surface area contributed by atoms with Crippen LogP contribution in [-0.2, 0) is 0 Å². The molecule has 0 aromatic heterocycles. The molecule has 0 amide bonds. The van der Waals surface area contributed by atoms with Gasteiger partial charge in [-0.3, -0.25) is 9.80 Å². The molecule has 2 aliphatic rings. The van der Waals surface area contributed by atoms with Crippen molar-refractivity contribution in [2.75, 3.05) is 50.8 Å². The van der Waals surface area contributed by atoms with Crippen LogP contribution in [0.2, 0.25) is 0 Å². The van der Waals surface area contributed by atoms with Crippen molar-refractivity contribution in [3.63, 3.8) is 0 Å². The fraction of sp³-hybridized carbons (Fsp3) is 1.00. The summed E-state index contributed by atoms with van der Waals surface area (Å²) in [6.07, 6.45) is 1.38. The summed E-state index contributed by atoms with van der Waals surface area (Å²) in [5.41, 5.74) is 0. The number of nitrogens with zero attached hydrogens (tertiary/aromatic N) is 2. The lowest BCUT2D eigenvalue weighted by Crippen LogP contribution is -2.50. The maximum absolute atomic E-state index is 8.84. The normalized spacial score (nSPS) is 31.1. The lowest BCUT2D eigenvalue weighted by molar-refractivity contribution is 0.0909. The Labute approximate surface area is 90.4 Å². The van der Waals surface area contributed by atoms with Gasteiger partial charge in [-0.15, -0.1) is 0 Å². The van der Waals surface area contributed by atoms with Crippen LogP contribution in [0.25, 0.3) is 0 Å². The first-order valence-electron chi connectivity index (χ1n) is 5.55. The van der Waals surface area contributed by atoms with Gasteiger partial charge in [-0.1, -0.05) is 0 Å². The highest BCUT2D eigenvalue weighted by molar-refractivity contribution is 7.99. The van der Waals surface area contributed by atoms with E-state index >= 15 is 0 Å². The van der Waals surface area contributed by atoms with E-state index in [4.69, 9.17) is 5.11 Å². The molecule has 4 heteroatoms. The van der Waals surface area contributed by atoms with Crippen LogP contribution in [0.15, 0.2) is 0 Å². The molecule has 2 aliphatic heterocycles. The fourth-order valence-electron chi connectivity index (χ4n) is 2.30. The molecule has 0 aromatic rings. The largest absolute Gasteiger partial charge is 0.395 e. The SMILES string of the molecule is OCCN1CCN([C@@H]2CCSC2)CC1. The molecule has 0 bridgehead atoms. The van der Waals surface area contributed by atoms with E-state index in [1.165, 1.54) is 31.0 Å². The molecule has 3 nitrogen and oxygen atoms in total. The van der Waals surface area contributed by atoms with Crippen molar-refractivity contribution >= 4 is 11.8 Å². The Bertz CT molecular complexity index is 166. The molecule has 14 heavy (non-hydrogen) atoms. The molecule has 0 radical (unpaired) electrons. The Morgan fingerprint density at radius 2 is 2.00 bits per heavy atom. The highest BCUT2D eigenvalue weighted by Crippen LogP contribution is 2.23. The lowest BCUT2D eigenvalue weighted by Gasteiger charge is -2.37. The van der Waals surface area contributed by atoms with Crippen LogP contribution in [0.1, 0.15) is 6.42 Å². The van der Waals surface area contributed by atoms with E-state index in [-0.39, 0.29) is 0 Å². The number of thioether (sulfide) groups is 1. The predicted molar refractivity (Wildman–Crippen MR) is 60.8 cm³/mol. The van der Waals surface area contributed by atoms with Gasteiger partial charge in [0.1, 0.15) is 0 Å². The summed E-state index contributed by atoms with van der Waals surface area (Å²) in [7, 11) is 0. The van der Waals surface area contributed by atoms with Crippen LogP contribution < -0.4 is 0 Å². The number of piperazine rings is 1. The standard InChI is InChI=1S/C10H20N2OS/c13-7-6-11-2-4-12(5-3-11)10-1-8-14-9-10/h10,13H,1-9H2/t10-/m1/s1. The van der Waals surface area contributed by atoms with Crippen molar-refractivity contribution in [3.8, 4) is 0 Å². The Kier molecular flexibility index (Phi) is 4.10. The van der Waals surface area contributed by atoms with Crippen LogP contribution in [0.3, 0.4) is 0 Å². The van der Waals surface area contributed by atoms with Crippen molar-refractivity contribution in [1.29, 1.82) is 0 Å². The Hall–Kier alpha value is 0.230. The van der Waals surface area contributed by atoms with Crippen LogP contribution >= 0.6 is 11.8 Å². The number of rotatable bonds is 3. The quantitative estimate of drug-likeness (QED) is 0.724. The van der Waals surface area contributed by atoms with E-state index in [0.717, 1.165) is 25.7 Å². The van der Waals surface area contributed by atoms with E-state index in [0.29, 0.717) is 6.61 Å². The molecule has 2 heterocycles. The van der Waals surface area contributed by atoms with Crippen molar-refractivity contribution < 1.29 is 5.11 Å². The molecule has 82 valence electrons. The summed E-state index contributed by atoms with van der Waals surface area (Å²) in [6.45, 7) is 5.84. The summed E-state index contributed by atoms with van der Waals surface area (Å²) in [6, 6.07) is 0.844. The maximum Gasteiger partial charge on any atom is 0.0558 e. The molecule has 0 saturated carbocycles. The predicted octanol–water partition coefficient (Wildman–Crippen LogP) is 0.102. The zero-order valence-corrected chi connectivity index (χ0v) is 9.51. The van der Waals surface area contributed by atoms with Crippen molar-refractivity contribution in [2.24, 2.45) is 0 Å². The molecular formula is C10H20N2OS. The molecule has 2 rings (SSSR count). The van der Waals surface area contributed by atoms with Gasteiger partial charge >= 0.3 is 0 Å². The van der Waals surface area contributed by atoms with Gasteiger partial charge in [0.05, 0.1) is 6.61 Å². The van der Waals surface area contributed by atoms with Gasteiger partial charge in [0.15, 0.2) is 0 Å². The molecule has 0 unspecified atom stereocenters. The summed E-state index contributed by atoms with van der Waals surface area (Å²) in [4.78, 5) is 4.99. The van der Waals surface area contributed by atoms with Crippen LogP contribution in [-0.4, -0.2) is 71.8 Å². The molecule has 2 fully saturated rings. The van der Waals surface area contributed by atoms with Gasteiger partial charge in [0.25, 0.3) is 0 Å². The monoisotopic (exact) mass is 216 g/mol. The highest BCUT2D eigenvalue weighted by Gasteiger charge is 2.25. The maximum atomic E-state index is 8.84. The smallest absolute Gasteiger partial charge is 0.0558 e. The zero-order valence-electron chi connectivity index (χ0n) is 8.69. The molecule has 0 aromatic carbocycles. The molecule has 1 N–H and O–H groups in total. The third-order valence-electron chi connectivity index (χ3n) is 3.25. The topological polar surface area (TPSA) is 26.7 Å². The van der Waals surface area contributed by atoms with Crippen LogP contribution in [0.5, 0.6) is 0 Å². The average molecular weight is 216 g/mol. The second-order valence-electron chi connectivity index (χ2n) is 4.12. The van der Waals surface area contributed by atoms with Crippen molar-refractivity contribution in [1.82, 2.24) is 9.80 Å². The van der Waals surface area contributed by atoms with Gasteiger partial charge in [-0.2, -0.15) is 11.8 Å². The summed E-state index contributed by atoms with van der Waals surface area (Å²) in [5.74, 6) is 2.68. The number of aliphatic hydroxyl groups excluding tert-OH is 1. The van der Waals surface area contributed by atoms with Crippen LogP contribution in [0, 0.1) is 0 Å². The Morgan fingerprint density at radius 1 is 1.21 bits per heavy atom.